The molecule has 154 valence electrons. The standard InChI is InChI=1S/C23H23N3O4/c1-3-29-22-13-17(9-11-20(27)18-14-24-26(2)15-18)10-12-21(22)30-16-23(28)25-19-7-5-4-6-8-19/h4-15H,3,16H2,1-2H3,(H,25,28). The van der Waals surface area contributed by atoms with Crippen molar-refractivity contribution >= 4 is 23.5 Å². The molecule has 0 aliphatic heterocycles. The van der Waals surface area contributed by atoms with Crippen LogP contribution in [-0.2, 0) is 11.8 Å². The summed E-state index contributed by atoms with van der Waals surface area (Å²) in [6, 6.07) is 14.4. The highest BCUT2D eigenvalue weighted by Crippen LogP contribution is 2.29. The summed E-state index contributed by atoms with van der Waals surface area (Å²) in [5, 5.41) is 6.76. The molecule has 3 aromatic rings. The average Bonchev–Trinajstić information content (AvgIpc) is 3.19. The van der Waals surface area contributed by atoms with Gasteiger partial charge >= 0.3 is 0 Å². The summed E-state index contributed by atoms with van der Waals surface area (Å²) < 4.78 is 12.8. The number of aromatic nitrogens is 2. The number of hydrogen-bond donors (Lipinski definition) is 1. The summed E-state index contributed by atoms with van der Waals surface area (Å²) in [4.78, 5) is 24.3. The monoisotopic (exact) mass is 405 g/mol. The Morgan fingerprint density at radius 3 is 2.60 bits per heavy atom. The molecule has 0 saturated carbocycles. The molecule has 30 heavy (non-hydrogen) atoms. The maximum Gasteiger partial charge on any atom is 0.262 e. The molecule has 7 heteroatoms. The molecule has 2 aromatic carbocycles. The maximum absolute atomic E-state index is 12.2. The molecule has 1 heterocycles. The Labute approximate surface area is 174 Å². The average molecular weight is 405 g/mol. The van der Waals surface area contributed by atoms with Gasteiger partial charge in [-0.25, -0.2) is 0 Å². The molecule has 0 radical (unpaired) electrons. The summed E-state index contributed by atoms with van der Waals surface area (Å²) in [6.45, 7) is 2.15. The first-order valence-corrected chi connectivity index (χ1v) is 9.50. The molecular weight excluding hydrogens is 382 g/mol. The van der Waals surface area contributed by atoms with E-state index in [0.717, 1.165) is 5.56 Å². The number of ketones is 1. The predicted octanol–water partition coefficient (Wildman–Crippen LogP) is 3.73. The quantitative estimate of drug-likeness (QED) is 0.433. The number of hydrogen-bond acceptors (Lipinski definition) is 5. The lowest BCUT2D eigenvalue weighted by molar-refractivity contribution is -0.118. The van der Waals surface area contributed by atoms with Crippen molar-refractivity contribution in [3.8, 4) is 11.5 Å². The number of benzene rings is 2. The lowest BCUT2D eigenvalue weighted by Gasteiger charge is -2.12. The van der Waals surface area contributed by atoms with E-state index in [-0.39, 0.29) is 18.3 Å². The van der Waals surface area contributed by atoms with E-state index in [1.807, 2.05) is 25.1 Å². The third kappa shape index (κ3) is 5.81. The molecule has 0 fully saturated rings. The molecule has 0 aliphatic rings. The van der Waals surface area contributed by atoms with Crippen LogP contribution in [0.5, 0.6) is 11.5 Å². The summed E-state index contributed by atoms with van der Waals surface area (Å²) >= 11 is 0. The molecule has 3 rings (SSSR count). The topological polar surface area (TPSA) is 82.4 Å². The molecule has 0 aliphatic carbocycles. The Kier molecular flexibility index (Phi) is 7.00. The zero-order valence-electron chi connectivity index (χ0n) is 16.9. The molecule has 0 saturated heterocycles. The number of carbonyl (C=O) groups is 2. The van der Waals surface area contributed by atoms with Gasteiger partial charge in [0.15, 0.2) is 23.9 Å². The number of nitrogens with one attached hydrogen (secondary N) is 1. The van der Waals surface area contributed by atoms with Crippen LogP contribution in [-0.4, -0.2) is 34.7 Å². The number of carbonyl (C=O) groups excluding carboxylic acids is 2. The fourth-order valence-corrected chi connectivity index (χ4v) is 2.69. The summed E-state index contributed by atoms with van der Waals surface area (Å²) in [6.07, 6.45) is 6.37. The van der Waals surface area contributed by atoms with Gasteiger partial charge < -0.3 is 14.8 Å². The van der Waals surface area contributed by atoms with E-state index in [0.29, 0.717) is 29.4 Å². The van der Waals surface area contributed by atoms with Gasteiger partial charge in [-0.1, -0.05) is 30.3 Å². The minimum Gasteiger partial charge on any atom is -0.490 e. The van der Waals surface area contributed by atoms with E-state index in [2.05, 4.69) is 10.4 Å². The van der Waals surface area contributed by atoms with Crippen LogP contribution in [0.3, 0.4) is 0 Å². The van der Waals surface area contributed by atoms with Crippen LogP contribution in [0.2, 0.25) is 0 Å². The minimum absolute atomic E-state index is 0.140. The minimum atomic E-state index is -0.269. The zero-order chi connectivity index (χ0) is 21.3. The van der Waals surface area contributed by atoms with Crippen LogP contribution >= 0.6 is 0 Å². The number of allylic oxidation sites excluding steroid dienone is 1. The van der Waals surface area contributed by atoms with Gasteiger partial charge in [-0.15, -0.1) is 0 Å². The predicted molar refractivity (Wildman–Crippen MR) is 115 cm³/mol. The van der Waals surface area contributed by atoms with Crippen molar-refractivity contribution in [1.29, 1.82) is 0 Å². The van der Waals surface area contributed by atoms with Gasteiger partial charge in [-0.3, -0.25) is 14.3 Å². The fraction of sp³-hybridized carbons (Fsp3) is 0.174. The van der Waals surface area contributed by atoms with E-state index in [1.165, 1.54) is 12.3 Å². The van der Waals surface area contributed by atoms with E-state index in [4.69, 9.17) is 9.47 Å². The van der Waals surface area contributed by atoms with Crippen LogP contribution in [0.1, 0.15) is 22.8 Å². The van der Waals surface area contributed by atoms with Gasteiger partial charge in [-0.2, -0.15) is 5.10 Å². The maximum atomic E-state index is 12.2. The van der Waals surface area contributed by atoms with Gasteiger partial charge in [0.2, 0.25) is 0 Å². The molecule has 0 bridgehead atoms. The van der Waals surface area contributed by atoms with Crippen LogP contribution in [0.25, 0.3) is 6.08 Å². The summed E-state index contributed by atoms with van der Waals surface area (Å²) in [7, 11) is 1.76. The SMILES string of the molecule is CCOc1cc(C=CC(=O)c2cnn(C)c2)ccc1OCC(=O)Nc1ccccc1. The highest BCUT2D eigenvalue weighted by molar-refractivity contribution is 6.06. The van der Waals surface area contributed by atoms with Crippen molar-refractivity contribution < 1.29 is 19.1 Å². The third-order valence-corrected chi connectivity index (χ3v) is 4.10. The van der Waals surface area contributed by atoms with Gasteiger partial charge in [0.1, 0.15) is 0 Å². The van der Waals surface area contributed by atoms with Crippen LogP contribution in [0.4, 0.5) is 5.69 Å². The Morgan fingerprint density at radius 1 is 1.10 bits per heavy atom. The summed E-state index contributed by atoms with van der Waals surface area (Å²) in [5.74, 6) is 0.547. The smallest absolute Gasteiger partial charge is 0.262 e. The molecule has 7 nitrogen and oxygen atoms in total. The molecule has 1 aromatic heterocycles. The van der Waals surface area contributed by atoms with Gasteiger partial charge in [0.25, 0.3) is 5.91 Å². The first kappa shape index (κ1) is 20.9. The van der Waals surface area contributed by atoms with Crippen LogP contribution in [0, 0.1) is 0 Å². The van der Waals surface area contributed by atoms with Crippen molar-refractivity contribution in [1.82, 2.24) is 9.78 Å². The number of ether oxygens (including phenoxy) is 2. The number of rotatable bonds is 9. The number of aryl methyl sites for hydroxylation is 1. The van der Waals surface area contributed by atoms with E-state index >= 15 is 0 Å². The van der Waals surface area contributed by atoms with Crippen LogP contribution in [0.15, 0.2) is 67.0 Å². The van der Waals surface area contributed by atoms with Crippen molar-refractivity contribution in [2.24, 2.45) is 7.05 Å². The number of para-hydroxylation sites is 1. The second-order valence-corrected chi connectivity index (χ2v) is 6.44. The Hall–Kier alpha value is -3.87. The van der Waals surface area contributed by atoms with E-state index < -0.39 is 0 Å². The first-order valence-electron chi connectivity index (χ1n) is 9.50. The second kappa shape index (κ2) is 10.1. The molecule has 1 N–H and O–H groups in total. The van der Waals surface area contributed by atoms with Crippen molar-refractivity contribution in [3.05, 3.63) is 78.1 Å². The van der Waals surface area contributed by atoms with Gasteiger partial charge in [-0.05, 0) is 42.8 Å². The third-order valence-electron chi connectivity index (χ3n) is 4.10. The molecule has 1 amide bonds. The Balaban J connectivity index is 1.64. The highest BCUT2D eigenvalue weighted by atomic mass is 16.5. The lowest BCUT2D eigenvalue weighted by atomic mass is 10.1. The van der Waals surface area contributed by atoms with E-state index in [9.17, 15) is 9.59 Å². The summed E-state index contributed by atoms with van der Waals surface area (Å²) in [5.41, 5.74) is 2.00. The fourth-order valence-electron chi connectivity index (χ4n) is 2.69. The second-order valence-electron chi connectivity index (χ2n) is 6.44. The number of nitrogens with zero attached hydrogens (tertiary/aromatic N) is 2. The molecule has 0 spiro atoms. The van der Waals surface area contributed by atoms with Crippen LogP contribution < -0.4 is 14.8 Å². The van der Waals surface area contributed by atoms with Crippen molar-refractivity contribution in [2.75, 3.05) is 18.5 Å². The Bertz CT molecular complexity index is 1040. The first-order chi connectivity index (χ1) is 14.5. The van der Waals surface area contributed by atoms with Gasteiger partial charge in [0.05, 0.1) is 18.4 Å². The normalized spacial score (nSPS) is 10.7. The zero-order valence-corrected chi connectivity index (χ0v) is 16.9. The molecule has 0 unspecified atom stereocenters. The Morgan fingerprint density at radius 2 is 1.90 bits per heavy atom. The highest BCUT2D eigenvalue weighted by Gasteiger charge is 2.10. The number of amides is 1. The molecular formula is C23H23N3O4. The number of anilines is 1. The lowest BCUT2D eigenvalue weighted by Crippen LogP contribution is -2.20. The largest absolute Gasteiger partial charge is 0.490 e. The van der Waals surface area contributed by atoms with E-state index in [1.54, 1.807) is 54.3 Å². The molecule has 0 atom stereocenters. The van der Waals surface area contributed by atoms with Gasteiger partial charge in [0, 0.05) is 18.9 Å². The van der Waals surface area contributed by atoms with Crippen molar-refractivity contribution in [2.45, 2.75) is 6.92 Å². The van der Waals surface area contributed by atoms with Crippen molar-refractivity contribution in [3.63, 3.8) is 0 Å².